The van der Waals surface area contributed by atoms with Crippen molar-refractivity contribution in [2.45, 2.75) is 6.92 Å². The van der Waals surface area contributed by atoms with Crippen molar-refractivity contribution in [2.24, 2.45) is 0 Å². The molecule has 8 nitrogen and oxygen atoms in total. The van der Waals surface area contributed by atoms with Crippen molar-refractivity contribution in [3.63, 3.8) is 0 Å². The molecule has 21 heavy (non-hydrogen) atoms. The van der Waals surface area contributed by atoms with Gasteiger partial charge in [0.1, 0.15) is 5.69 Å². The third-order valence-electron chi connectivity index (χ3n) is 3.47. The van der Waals surface area contributed by atoms with E-state index in [0.717, 1.165) is 0 Å². The Hall–Kier alpha value is -2.64. The first-order valence-electron chi connectivity index (χ1n) is 6.42. The molecule has 0 radical (unpaired) electrons. The molecule has 1 aromatic carbocycles. The number of hydrogen-bond acceptors (Lipinski definition) is 5. The Morgan fingerprint density at radius 3 is 2.33 bits per heavy atom. The molecule has 0 atom stereocenters. The van der Waals surface area contributed by atoms with Crippen molar-refractivity contribution < 1.29 is 19.6 Å². The molecular formula is C13H15N3O5. The number of carbonyl (C=O) groups excluding carboxylic acids is 1. The second-order valence-corrected chi connectivity index (χ2v) is 4.77. The number of rotatable bonds is 3. The van der Waals surface area contributed by atoms with E-state index in [1.54, 1.807) is 17.0 Å². The third kappa shape index (κ3) is 3.10. The minimum Gasteiger partial charge on any atom is -0.465 e. The number of amides is 1. The quantitative estimate of drug-likeness (QED) is 0.515. The first-order valence-corrected chi connectivity index (χ1v) is 6.42. The first kappa shape index (κ1) is 14.8. The molecule has 112 valence electrons. The summed E-state index contributed by atoms with van der Waals surface area (Å²) in [5.74, 6) is -0.236. The van der Waals surface area contributed by atoms with E-state index in [9.17, 15) is 19.7 Å². The average molecular weight is 293 g/mol. The smallest absolute Gasteiger partial charge is 0.407 e. The highest BCUT2D eigenvalue weighted by molar-refractivity contribution is 5.95. The Kier molecular flexibility index (Phi) is 4.06. The van der Waals surface area contributed by atoms with Gasteiger partial charge in [-0.3, -0.25) is 14.9 Å². The lowest BCUT2D eigenvalue weighted by Gasteiger charge is -2.34. The Morgan fingerprint density at radius 1 is 1.24 bits per heavy atom. The van der Waals surface area contributed by atoms with E-state index in [1.165, 1.54) is 17.9 Å². The molecule has 0 spiro atoms. The molecule has 1 aliphatic heterocycles. The van der Waals surface area contributed by atoms with Crippen LogP contribution in [-0.4, -0.2) is 53.0 Å². The number of nitro groups is 1. The molecule has 1 aromatic rings. The van der Waals surface area contributed by atoms with Crippen molar-refractivity contribution in [1.29, 1.82) is 0 Å². The number of anilines is 1. The number of nitro benzene ring substituents is 1. The monoisotopic (exact) mass is 293 g/mol. The fourth-order valence-electron chi connectivity index (χ4n) is 2.29. The van der Waals surface area contributed by atoms with Crippen LogP contribution in [0.2, 0.25) is 0 Å². The summed E-state index contributed by atoms with van der Waals surface area (Å²) in [6.45, 7) is 2.70. The van der Waals surface area contributed by atoms with E-state index in [1.807, 2.05) is 0 Å². The van der Waals surface area contributed by atoms with Gasteiger partial charge in [-0.1, -0.05) is 0 Å². The lowest BCUT2D eigenvalue weighted by molar-refractivity contribution is -0.384. The van der Waals surface area contributed by atoms with Crippen molar-refractivity contribution >= 4 is 23.3 Å². The van der Waals surface area contributed by atoms with Gasteiger partial charge in [-0.15, -0.1) is 0 Å². The minimum atomic E-state index is -0.990. The third-order valence-corrected chi connectivity index (χ3v) is 3.47. The first-order chi connectivity index (χ1) is 9.90. The second kappa shape index (κ2) is 5.78. The van der Waals surface area contributed by atoms with E-state index in [-0.39, 0.29) is 17.0 Å². The molecule has 1 aliphatic rings. The van der Waals surface area contributed by atoms with Crippen LogP contribution in [0.3, 0.4) is 0 Å². The van der Waals surface area contributed by atoms with E-state index in [0.29, 0.717) is 31.9 Å². The molecule has 1 N–H and O–H groups in total. The van der Waals surface area contributed by atoms with Crippen molar-refractivity contribution in [2.75, 3.05) is 31.1 Å². The van der Waals surface area contributed by atoms with Crippen LogP contribution >= 0.6 is 0 Å². The van der Waals surface area contributed by atoms with Gasteiger partial charge in [-0.25, -0.2) is 4.79 Å². The zero-order valence-electron chi connectivity index (χ0n) is 11.5. The van der Waals surface area contributed by atoms with Gasteiger partial charge in [0, 0.05) is 37.8 Å². The molecule has 8 heteroatoms. The molecule has 2 rings (SSSR count). The van der Waals surface area contributed by atoms with Gasteiger partial charge < -0.3 is 14.9 Å². The number of Topliss-reactive ketones (excluding diaryl/α,β-unsaturated/α-hetero) is 1. The number of carboxylic acid groups (broad SMARTS) is 1. The maximum atomic E-state index is 11.3. The van der Waals surface area contributed by atoms with Crippen molar-refractivity contribution in [3.8, 4) is 0 Å². The van der Waals surface area contributed by atoms with Crippen molar-refractivity contribution in [3.05, 3.63) is 33.9 Å². The highest BCUT2D eigenvalue weighted by Gasteiger charge is 2.26. The summed E-state index contributed by atoms with van der Waals surface area (Å²) < 4.78 is 0. The summed E-state index contributed by atoms with van der Waals surface area (Å²) in [6, 6.07) is 4.36. The van der Waals surface area contributed by atoms with E-state index in [2.05, 4.69) is 0 Å². The standard InChI is InChI=1S/C13H15N3O5/c1-9(17)10-2-3-11(12(8-10)16(20)21)14-4-6-15(7-5-14)13(18)19/h2-3,8H,4-7H2,1H3,(H,18,19). The molecule has 1 saturated heterocycles. The SMILES string of the molecule is CC(=O)c1ccc(N2CCN(C(=O)O)CC2)c([N+](=O)[O-])c1. The Labute approximate surface area is 120 Å². The topological polar surface area (TPSA) is 104 Å². The molecule has 0 saturated carbocycles. The van der Waals surface area contributed by atoms with Gasteiger partial charge in [0.25, 0.3) is 5.69 Å². The number of ketones is 1. The Morgan fingerprint density at radius 2 is 1.86 bits per heavy atom. The number of piperazine rings is 1. The van der Waals surface area contributed by atoms with E-state index < -0.39 is 11.0 Å². The van der Waals surface area contributed by atoms with Crippen LogP contribution in [0.4, 0.5) is 16.2 Å². The predicted molar refractivity (Wildman–Crippen MR) is 74.9 cm³/mol. The van der Waals surface area contributed by atoms with E-state index >= 15 is 0 Å². The van der Waals surface area contributed by atoms with Crippen LogP contribution in [0, 0.1) is 10.1 Å². The van der Waals surface area contributed by atoms with Crippen LogP contribution in [0.1, 0.15) is 17.3 Å². The molecule has 1 amide bonds. The molecule has 0 bridgehead atoms. The molecule has 1 fully saturated rings. The van der Waals surface area contributed by atoms with Gasteiger partial charge >= 0.3 is 6.09 Å². The number of carbonyl (C=O) groups is 2. The normalized spacial score (nSPS) is 14.9. The summed E-state index contributed by atoms with van der Waals surface area (Å²) in [4.78, 5) is 35.9. The highest BCUT2D eigenvalue weighted by Crippen LogP contribution is 2.30. The fraction of sp³-hybridized carbons (Fsp3) is 0.385. The molecular weight excluding hydrogens is 278 g/mol. The van der Waals surface area contributed by atoms with Crippen LogP contribution in [0.15, 0.2) is 18.2 Å². The maximum absolute atomic E-state index is 11.3. The predicted octanol–water partition coefficient (Wildman–Crippen LogP) is 1.60. The fourth-order valence-corrected chi connectivity index (χ4v) is 2.29. The maximum Gasteiger partial charge on any atom is 0.407 e. The van der Waals surface area contributed by atoms with Gasteiger partial charge in [0.15, 0.2) is 5.78 Å². The minimum absolute atomic E-state index is 0.133. The van der Waals surface area contributed by atoms with Gasteiger partial charge in [0.2, 0.25) is 0 Å². The van der Waals surface area contributed by atoms with Crippen molar-refractivity contribution in [1.82, 2.24) is 4.90 Å². The van der Waals surface area contributed by atoms with E-state index in [4.69, 9.17) is 5.11 Å². The Balaban J connectivity index is 2.26. The number of benzene rings is 1. The number of nitrogens with zero attached hydrogens (tertiary/aromatic N) is 3. The second-order valence-electron chi connectivity index (χ2n) is 4.77. The lowest BCUT2D eigenvalue weighted by atomic mass is 10.1. The van der Waals surface area contributed by atoms with Crippen LogP contribution in [0.25, 0.3) is 0 Å². The van der Waals surface area contributed by atoms with Gasteiger partial charge in [-0.05, 0) is 19.1 Å². The molecule has 0 aromatic heterocycles. The average Bonchev–Trinajstić information content (AvgIpc) is 2.46. The Bertz CT molecular complexity index is 593. The zero-order chi connectivity index (χ0) is 15.6. The van der Waals surface area contributed by atoms with Crippen LogP contribution < -0.4 is 4.90 Å². The largest absolute Gasteiger partial charge is 0.465 e. The van der Waals surface area contributed by atoms with Crippen LogP contribution in [0.5, 0.6) is 0 Å². The molecule has 1 heterocycles. The van der Waals surface area contributed by atoms with Crippen LogP contribution in [-0.2, 0) is 0 Å². The molecule has 0 aliphatic carbocycles. The summed E-state index contributed by atoms with van der Waals surface area (Å²) in [5, 5.41) is 20.1. The van der Waals surface area contributed by atoms with Gasteiger partial charge in [0.05, 0.1) is 4.92 Å². The summed E-state index contributed by atoms with van der Waals surface area (Å²) in [7, 11) is 0. The summed E-state index contributed by atoms with van der Waals surface area (Å²) in [5.41, 5.74) is 0.566. The summed E-state index contributed by atoms with van der Waals surface area (Å²) >= 11 is 0. The highest BCUT2D eigenvalue weighted by atomic mass is 16.6. The summed E-state index contributed by atoms with van der Waals surface area (Å²) in [6.07, 6.45) is -0.990. The lowest BCUT2D eigenvalue weighted by Crippen LogP contribution is -2.48. The zero-order valence-corrected chi connectivity index (χ0v) is 11.5. The number of hydrogen-bond donors (Lipinski definition) is 1. The molecule has 0 unspecified atom stereocenters. The van der Waals surface area contributed by atoms with Gasteiger partial charge in [-0.2, -0.15) is 0 Å².